The minimum Gasteiger partial charge on any atom is -0.320 e. The first-order chi connectivity index (χ1) is 7.70. The van der Waals surface area contributed by atoms with E-state index in [1.54, 1.807) is 0 Å². The van der Waals surface area contributed by atoms with Crippen LogP contribution in [-0.4, -0.2) is 0 Å². The molecule has 0 bridgehead atoms. The zero-order valence-electron chi connectivity index (χ0n) is 8.53. The summed E-state index contributed by atoms with van der Waals surface area (Å²) in [7, 11) is 0. The summed E-state index contributed by atoms with van der Waals surface area (Å²) in [6, 6.07) is 15.6. The normalized spacial score (nSPS) is 12.4. The highest BCUT2D eigenvalue weighted by Crippen LogP contribution is 2.28. The summed E-state index contributed by atoms with van der Waals surface area (Å²) in [5.74, 6) is 0. The zero-order valence-corrected chi connectivity index (χ0v) is 11.4. The van der Waals surface area contributed by atoms with Crippen LogP contribution in [0.1, 0.15) is 17.2 Å². The van der Waals surface area contributed by atoms with Gasteiger partial charge in [0.25, 0.3) is 0 Å². The molecule has 0 fully saturated rings. The fourth-order valence-corrected chi connectivity index (χ4v) is 2.60. The molecule has 1 nitrogen and oxygen atoms in total. The predicted molar refractivity (Wildman–Crippen MR) is 76.6 cm³/mol. The molecule has 0 aliphatic rings. The Labute approximate surface area is 114 Å². The molecule has 0 amide bonds. The minimum atomic E-state index is -0.165. The van der Waals surface area contributed by atoms with Gasteiger partial charge in [-0.05, 0) is 45.9 Å². The summed E-state index contributed by atoms with van der Waals surface area (Å²) in [5.41, 5.74) is 8.30. The van der Waals surface area contributed by atoms with Crippen molar-refractivity contribution in [1.29, 1.82) is 0 Å². The van der Waals surface area contributed by atoms with Gasteiger partial charge in [0.15, 0.2) is 0 Å². The van der Waals surface area contributed by atoms with Crippen LogP contribution in [0.2, 0.25) is 5.02 Å². The highest BCUT2D eigenvalue weighted by molar-refractivity contribution is 14.1. The summed E-state index contributed by atoms with van der Waals surface area (Å²) < 4.78 is 1.16. The topological polar surface area (TPSA) is 26.0 Å². The zero-order chi connectivity index (χ0) is 11.5. The molecule has 0 aromatic heterocycles. The van der Waals surface area contributed by atoms with Crippen LogP contribution < -0.4 is 5.73 Å². The monoisotopic (exact) mass is 343 g/mol. The maximum Gasteiger partial charge on any atom is 0.0576 e. The largest absolute Gasteiger partial charge is 0.320 e. The van der Waals surface area contributed by atoms with E-state index in [2.05, 4.69) is 22.6 Å². The molecule has 2 aromatic rings. The number of halogens is 2. The number of hydrogen-bond donors (Lipinski definition) is 1. The summed E-state index contributed by atoms with van der Waals surface area (Å²) >= 11 is 8.43. The minimum absolute atomic E-state index is 0.165. The van der Waals surface area contributed by atoms with Crippen LogP contribution in [0.4, 0.5) is 0 Å². The number of hydrogen-bond acceptors (Lipinski definition) is 1. The lowest BCUT2D eigenvalue weighted by Crippen LogP contribution is -2.13. The first-order valence-electron chi connectivity index (χ1n) is 4.94. The van der Waals surface area contributed by atoms with Gasteiger partial charge in [0.1, 0.15) is 0 Å². The predicted octanol–water partition coefficient (Wildman–Crippen LogP) is 3.99. The summed E-state index contributed by atoms with van der Waals surface area (Å²) in [4.78, 5) is 0. The lowest BCUT2D eigenvalue weighted by Gasteiger charge is -2.15. The SMILES string of the molecule is NC(c1ccccc1Cl)c1ccccc1I. The molecule has 0 radical (unpaired) electrons. The highest BCUT2D eigenvalue weighted by atomic mass is 127. The maximum atomic E-state index is 6.23. The van der Waals surface area contributed by atoms with E-state index < -0.39 is 0 Å². The van der Waals surface area contributed by atoms with Crippen LogP contribution in [0.3, 0.4) is 0 Å². The Morgan fingerprint density at radius 1 is 0.938 bits per heavy atom. The lowest BCUT2D eigenvalue weighted by molar-refractivity contribution is 0.865. The Hall–Kier alpha value is -0.580. The van der Waals surface area contributed by atoms with Crippen molar-refractivity contribution in [3.8, 4) is 0 Å². The van der Waals surface area contributed by atoms with Gasteiger partial charge in [0.2, 0.25) is 0 Å². The van der Waals surface area contributed by atoms with Crippen molar-refractivity contribution in [2.24, 2.45) is 5.73 Å². The average Bonchev–Trinajstić information content (AvgIpc) is 2.29. The second kappa shape index (κ2) is 5.17. The van der Waals surface area contributed by atoms with Gasteiger partial charge in [-0.15, -0.1) is 0 Å². The molecular formula is C13H11ClIN. The summed E-state index contributed by atoms with van der Waals surface area (Å²) in [6.45, 7) is 0. The molecule has 2 aromatic carbocycles. The standard InChI is InChI=1S/C13H11ClIN/c14-11-7-3-1-5-9(11)13(16)10-6-2-4-8-12(10)15/h1-8,13H,16H2. The van der Waals surface area contributed by atoms with E-state index in [4.69, 9.17) is 17.3 Å². The van der Waals surface area contributed by atoms with Crippen LogP contribution >= 0.6 is 34.2 Å². The third-order valence-electron chi connectivity index (χ3n) is 2.48. The van der Waals surface area contributed by atoms with Gasteiger partial charge in [0, 0.05) is 8.59 Å². The number of nitrogens with two attached hydrogens (primary N) is 1. The van der Waals surface area contributed by atoms with Crippen molar-refractivity contribution in [2.75, 3.05) is 0 Å². The van der Waals surface area contributed by atoms with E-state index in [-0.39, 0.29) is 6.04 Å². The van der Waals surface area contributed by atoms with Crippen LogP contribution in [0.5, 0.6) is 0 Å². The van der Waals surface area contributed by atoms with E-state index in [0.717, 1.165) is 19.7 Å². The molecule has 0 aliphatic carbocycles. The molecule has 1 atom stereocenters. The highest BCUT2D eigenvalue weighted by Gasteiger charge is 2.13. The van der Waals surface area contributed by atoms with Crippen molar-refractivity contribution in [3.05, 3.63) is 68.3 Å². The van der Waals surface area contributed by atoms with Gasteiger partial charge < -0.3 is 5.73 Å². The van der Waals surface area contributed by atoms with E-state index in [1.165, 1.54) is 0 Å². The fourth-order valence-electron chi connectivity index (χ4n) is 1.62. The maximum absolute atomic E-state index is 6.23. The third-order valence-corrected chi connectivity index (χ3v) is 3.81. The Morgan fingerprint density at radius 2 is 1.50 bits per heavy atom. The van der Waals surface area contributed by atoms with Crippen LogP contribution in [0.25, 0.3) is 0 Å². The van der Waals surface area contributed by atoms with Gasteiger partial charge in [-0.3, -0.25) is 0 Å². The third kappa shape index (κ3) is 2.39. The second-order valence-electron chi connectivity index (χ2n) is 3.52. The molecular weight excluding hydrogens is 333 g/mol. The summed E-state index contributed by atoms with van der Waals surface area (Å²) in [6.07, 6.45) is 0. The molecule has 0 saturated carbocycles. The van der Waals surface area contributed by atoms with Crippen LogP contribution in [0, 0.1) is 3.57 Å². The van der Waals surface area contributed by atoms with Crippen LogP contribution in [-0.2, 0) is 0 Å². The Bertz CT molecular complexity index is 453. The fraction of sp³-hybridized carbons (Fsp3) is 0.0769. The van der Waals surface area contributed by atoms with Gasteiger partial charge in [-0.1, -0.05) is 48.0 Å². The first-order valence-corrected chi connectivity index (χ1v) is 6.40. The van der Waals surface area contributed by atoms with Gasteiger partial charge in [0.05, 0.1) is 6.04 Å². The quantitative estimate of drug-likeness (QED) is 0.820. The van der Waals surface area contributed by atoms with Crippen molar-refractivity contribution in [1.82, 2.24) is 0 Å². The van der Waals surface area contributed by atoms with Crippen molar-refractivity contribution in [2.45, 2.75) is 6.04 Å². The van der Waals surface area contributed by atoms with Gasteiger partial charge >= 0.3 is 0 Å². The van der Waals surface area contributed by atoms with Gasteiger partial charge in [-0.2, -0.15) is 0 Å². The Balaban J connectivity index is 2.44. The van der Waals surface area contributed by atoms with Gasteiger partial charge in [-0.25, -0.2) is 0 Å². The molecule has 1 unspecified atom stereocenters. The smallest absolute Gasteiger partial charge is 0.0576 e. The van der Waals surface area contributed by atoms with E-state index >= 15 is 0 Å². The molecule has 0 saturated heterocycles. The van der Waals surface area contributed by atoms with Crippen molar-refractivity contribution < 1.29 is 0 Å². The van der Waals surface area contributed by atoms with E-state index in [9.17, 15) is 0 Å². The molecule has 2 N–H and O–H groups in total. The number of rotatable bonds is 2. The molecule has 0 spiro atoms. The average molecular weight is 344 g/mol. The lowest BCUT2D eigenvalue weighted by atomic mass is 10.00. The summed E-state index contributed by atoms with van der Waals surface area (Å²) in [5, 5.41) is 0.717. The molecule has 3 heteroatoms. The molecule has 0 aliphatic heterocycles. The van der Waals surface area contributed by atoms with Crippen molar-refractivity contribution >= 4 is 34.2 Å². The Kier molecular flexibility index (Phi) is 3.84. The number of benzene rings is 2. The Morgan fingerprint density at radius 3 is 2.12 bits per heavy atom. The van der Waals surface area contributed by atoms with E-state index in [1.807, 2.05) is 48.5 Å². The molecule has 2 rings (SSSR count). The molecule has 82 valence electrons. The first kappa shape index (κ1) is 11.9. The second-order valence-corrected chi connectivity index (χ2v) is 5.09. The van der Waals surface area contributed by atoms with Crippen LogP contribution in [0.15, 0.2) is 48.5 Å². The van der Waals surface area contributed by atoms with Crippen molar-refractivity contribution in [3.63, 3.8) is 0 Å². The molecule has 0 heterocycles. The van der Waals surface area contributed by atoms with E-state index in [0.29, 0.717) is 0 Å². The molecule has 16 heavy (non-hydrogen) atoms.